The minimum absolute atomic E-state index is 0.0493. The van der Waals surface area contributed by atoms with Gasteiger partial charge >= 0.3 is 0 Å². The summed E-state index contributed by atoms with van der Waals surface area (Å²) in [5.74, 6) is 1.04. The molecule has 3 aromatic rings. The summed E-state index contributed by atoms with van der Waals surface area (Å²) in [5, 5.41) is 2.74. The van der Waals surface area contributed by atoms with Gasteiger partial charge in [-0.15, -0.1) is 11.3 Å². The van der Waals surface area contributed by atoms with Crippen molar-refractivity contribution in [2.45, 2.75) is 33.7 Å². The van der Waals surface area contributed by atoms with Crippen LogP contribution in [0.15, 0.2) is 47.8 Å². The maximum Gasteiger partial charge on any atom is 0.255 e. The molecule has 204 valence electrons. The van der Waals surface area contributed by atoms with Crippen LogP contribution in [-0.4, -0.2) is 55.5 Å². The Morgan fingerprint density at radius 1 is 0.974 bits per heavy atom. The van der Waals surface area contributed by atoms with Crippen molar-refractivity contribution in [1.29, 1.82) is 0 Å². The van der Waals surface area contributed by atoms with Crippen LogP contribution >= 0.6 is 34.5 Å². The molecule has 0 aliphatic heterocycles. The van der Waals surface area contributed by atoms with Crippen LogP contribution in [-0.2, 0) is 17.8 Å². The Morgan fingerprint density at radius 2 is 1.71 bits per heavy atom. The van der Waals surface area contributed by atoms with Crippen molar-refractivity contribution < 1.29 is 19.1 Å². The van der Waals surface area contributed by atoms with Gasteiger partial charge in [-0.25, -0.2) is 0 Å². The lowest BCUT2D eigenvalue weighted by Crippen LogP contribution is -2.44. The van der Waals surface area contributed by atoms with Crippen LogP contribution in [0.4, 0.5) is 0 Å². The highest BCUT2D eigenvalue weighted by Crippen LogP contribution is 2.28. The van der Waals surface area contributed by atoms with Crippen molar-refractivity contribution in [3.63, 3.8) is 0 Å². The number of ether oxygens (including phenoxy) is 2. The maximum atomic E-state index is 13.7. The number of carbonyl (C=O) groups is 2. The highest BCUT2D eigenvalue weighted by Gasteiger charge is 2.25. The second kappa shape index (κ2) is 13.9. The molecule has 0 bridgehead atoms. The Morgan fingerprint density at radius 3 is 2.32 bits per heavy atom. The molecule has 2 amide bonds. The van der Waals surface area contributed by atoms with E-state index in [0.29, 0.717) is 48.1 Å². The molecule has 1 heterocycles. The molecular formula is C29H34Cl2N2O4S. The first kappa shape index (κ1) is 29.8. The number of hydrogen-bond donors (Lipinski definition) is 0. The van der Waals surface area contributed by atoms with Crippen LogP contribution < -0.4 is 9.47 Å². The number of rotatable bonds is 12. The molecule has 0 radical (unpaired) electrons. The summed E-state index contributed by atoms with van der Waals surface area (Å²) in [6.45, 7) is 7.39. The van der Waals surface area contributed by atoms with E-state index in [9.17, 15) is 9.59 Å². The summed E-state index contributed by atoms with van der Waals surface area (Å²) in [7, 11) is 3.20. The predicted octanol–water partition coefficient (Wildman–Crippen LogP) is 6.75. The molecule has 9 heteroatoms. The fourth-order valence-electron chi connectivity index (χ4n) is 4.09. The Labute approximate surface area is 239 Å². The predicted molar refractivity (Wildman–Crippen MR) is 155 cm³/mol. The van der Waals surface area contributed by atoms with Crippen LogP contribution in [0, 0.1) is 12.8 Å². The summed E-state index contributed by atoms with van der Waals surface area (Å²) in [6.07, 6.45) is 0.623. The Bertz CT molecular complexity index is 1260. The number of amides is 2. The van der Waals surface area contributed by atoms with Crippen molar-refractivity contribution in [3.8, 4) is 11.5 Å². The highest BCUT2D eigenvalue weighted by molar-refractivity contribution is 7.10. The molecule has 0 aliphatic carbocycles. The van der Waals surface area contributed by atoms with Crippen LogP contribution in [0.2, 0.25) is 10.0 Å². The van der Waals surface area contributed by atoms with Crippen LogP contribution in [0.3, 0.4) is 0 Å². The smallest absolute Gasteiger partial charge is 0.255 e. The third-order valence-electron chi connectivity index (χ3n) is 6.13. The summed E-state index contributed by atoms with van der Waals surface area (Å²) in [6, 6.07) is 12.6. The second-order valence-electron chi connectivity index (χ2n) is 9.49. The molecule has 0 saturated carbocycles. The molecule has 0 atom stereocenters. The molecule has 6 nitrogen and oxygen atoms in total. The van der Waals surface area contributed by atoms with Gasteiger partial charge in [0.15, 0.2) is 11.5 Å². The van der Waals surface area contributed by atoms with E-state index in [-0.39, 0.29) is 29.3 Å². The fourth-order valence-corrected chi connectivity index (χ4v) is 5.50. The topological polar surface area (TPSA) is 59.1 Å². The fraction of sp³-hybridized carbons (Fsp3) is 0.379. The zero-order chi connectivity index (χ0) is 27.8. The number of thiophene rings is 1. The molecule has 3 rings (SSSR count). The van der Waals surface area contributed by atoms with Crippen molar-refractivity contribution in [3.05, 3.63) is 79.5 Å². The highest BCUT2D eigenvalue weighted by atomic mass is 35.5. The van der Waals surface area contributed by atoms with Gasteiger partial charge in [0, 0.05) is 23.0 Å². The van der Waals surface area contributed by atoms with Gasteiger partial charge in [-0.2, -0.15) is 0 Å². The van der Waals surface area contributed by atoms with Crippen molar-refractivity contribution in [2.24, 2.45) is 5.92 Å². The molecule has 0 N–H and O–H groups in total. The first-order chi connectivity index (χ1) is 18.1. The number of hydrogen-bond acceptors (Lipinski definition) is 5. The molecular weight excluding hydrogens is 543 g/mol. The van der Waals surface area contributed by atoms with Crippen molar-refractivity contribution in [1.82, 2.24) is 9.80 Å². The zero-order valence-corrected chi connectivity index (χ0v) is 24.8. The lowest BCUT2D eigenvalue weighted by atomic mass is 10.1. The number of halogens is 2. The van der Waals surface area contributed by atoms with Gasteiger partial charge in [0.05, 0.1) is 31.4 Å². The van der Waals surface area contributed by atoms with Gasteiger partial charge in [-0.3, -0.25) is 9.59 Å². The van der Waals surface area contributed by atoms with E-state index in [1.807, 2.05) is 55.3 Å². The van der Waals surface area contributed by atoms with Gasteiger partial charge in [-0.1, -0.05) is 43.1 Å². The lowest BCUT2D eigenvalue weighted by Gasteiger charge is -2.29. The molecule has 38 heavy (non-hydrogen) atoms. The van der Waals surface area contributed by atoms with E-state index in [1.54, 1.807) is 48.7 Å². The molecule has 0 saturated heterocycles. The van der Waals surface area contributed by atoms with Crippen molar-refractivity contribution in [2.75, 3.05) is 33.9 Å². The van der Waals surface area contributed by atoms with Crippen LogP contribution in [0.5, 0.6) is 11.5 Å². The second-order valence-corrected chi connectivity index (χ2v) is 11.3. The zero-order valence-electron chi connectivity index (χ0n) is 22.4. The minimum Gasteiger partial charge on any atom is -0.493 e. The number of carbonyl (C=O) groups excluding carboxylic acids is 2. The largest absolute Gasteiger partial charge is 0.493 e. The number of methoxy groups -OCH3 is 2. The first-order valence-corrected chi connectivity index (χ1v) is 14.0. The first-order valence-electron chi connectivity index (χ1n) is 12.4. The van der Waals surface area contributed by atoms with Crippen molar-refractivity contribution >= 4 is 46.4 Å². The average molecular weight is 578 g/mol. The van der Waals surface area contributed by atoms with E-state index in [4.69, 9.17) is 32.7 Å². The average Bonchev–Trinajstić information content (AvgIpc) is 3.29. The molecule has 0 aliphatic rings. The normalized spacial score (nSPS) is 10.9. The van der Waals surface area contributed by atoms with Gasteiger partial charge in [0.2, 0.25) is 5.91 Å². The van der Waals surface area contributed by atoms with E-state index < -0.39 is 0 Å². The molecule has 0 unspecified atom stereocenters. The maximum absolute atomic E-state index is 13.7. The summed E-state index contributed by atoms with van der Waals surface area (Å²) in [5.41, 5.74) is 2.49. The molecule has 1 aromatic heterocycles. The Balaban J connectivity index is 1.83. The third kappa shape index (κ3) is 7.88. The minimum atomic E-state index is -0.291. The molecule has 0 spiro atoms. The Hall–Kier alpha value is -2.74. The quantitative estimate of drug-likeness (QED) is 0.239. The molecule has 0 fully saturated rings. The third-order valence-corrected chi connectivity index (χ3v) is 7.69. The van der Waals surface area contributed by atoms with Gasteiger partial charge in [-0.05, 0) is 72.2 Å². The van der Waals surface area contributed by atoms with E-state index in [0.717, 1.165) is 16.0 Å². The summed E-state index contributed by atoms with van der Waals surface area (Å²) >= 11 is 14.0. The monoisotopic (exact) mass is 576 g/mol. The summed E-state index contributed by atoms with van der Waals surface area (Å²) in [4.78, 5) is 31.7. The number of aryl methyl sites for hydroxylation is 1. The summed E-state index contributed by atoms with van der Waals surface area (Å²) < 4.78 is 10.8. The van der Waals surface area contributed by atoms with E-state index in [2.05, 4.69) is 0 Å². The number of nitrogens with zero attached hydrogens (tertiary/aromatic N) is 2. The van der Waals surface area contributed by atoms with Gasteiger partial charge in [0.25, 0.3) is 5.91 Å². The standard InChI is InChI=1S/C29H34Cl2N2O4S/c1-19(2)16-33(29(35)23-8-7-22(30)15-24(23)31)18-28(34)32(17-27-20(3)11-13-38-27)12-10-21-6-9-25(36-4)26(14-21)37-5/h6-9,11,13-15,19H,10,12,16-18H2,1-5H3. The number of benzene rings is 2. The van der Waals surface area contributed by atoms with Gasteiger partial charge < -0.3 is 19.3 Å². The van der Waals surface area contributed by atoms with E-state index in [1.165, 1.54) is 0 Å². The van der Waals surface area contributed by atoms with E-state index >= 15 is 0 Å². The van der Waals surface area contributed by atoms with Gasteiger partial charge in [0.1, 0.15) is 6.54 Å². The van der Waals surface area contributed by atoms with Crippen LogP contribution in [0.25, 0.3) is 0 Å². The molecule has 2 aromatic carbocycles. The SMILES string of the molecule is COc1ccc(CCN(Cc2sccc2C)C(=O)CN(CC(C)C)C(=O)c2ccc(Cl)cc2Cl)cc1OC. The lowest BCUT2D eigenvalue weighted by molar-refractivity contribution is -0.132. The Kier molecular flexibility index (Phi) is 10.9. The van der Waals surface area contributed by atoms with Crippen LogP contribution in [0.1, 0.15) is 40.2 Å².